The molecule has 0 amide bonds. The van der Waals surface area contributed by atoms with Crippen molar-refractivity contribution < 1.29 is 9.90 Å². The van der Waals surface area contributed by atoms with Gasteiger partial charge in [-0.25, -0.2) is 0 Å². The fourth-order valence-electron chi connectivity index (χ4n) is 3.77. The van der Waals surface area contributed by atoms with Gasteiger partial charge in [-0.05, 0) is 57.4 Å². The Morgan fingerprint density at radius 2 is 2.00 bits per heavy atom. The first-order chi connectivity index (χ1) is 8.66. The number of likely N-dealkylation sites (tertiary alicyclic amines) is 1. The lowest BCUT2D eigenvalue weighted by atomic mass is 9.90. The smallest absolute Gasteiger partial charge is 0.303 e. The van der Waals surface area contributed by atoms with Gasteiger partial charge in [-0.15, -0.1) is 0 Å². The second-order valence-corrected chi connectivity index (χ2v) is 6.22. The van der Waals surface area contributed by atoms with Gasteiger partial charge < -0.3 is 10.0 Å². The van der Waals surface area contributed by atoms with E-state index in [0.29, 0.717) is 18.4 Å². The van der Waals surface area contributed by atoms with Crippen LogP contribution in [0, 0.1) is 11.8 Å². The van der Waals surface area contributed by atoms with Gasteiger partial charge in [0.05, 0.1) is 0 Å². The third-order valence-electron chi connectivity index (χ3n) is 4.97. The van der Waals surface area contributed by atoms with Crippen LogP contribution in [0.3, 0.4) is 0 Å². The van der Waals surface area contributed by atoms with Crippen LogP contribution in [-0.4, -0.2) is 35.1 Å². The van der Waals surface area contributed by atoms with E-state index in [1.54, 1.807) is 0 Å². The van der Waals surface area contributed by atoms with E-state index in [1.807, 2.05) is 0 Å². The quantitative estimate of drug-likeness (QED) is 0.818. The highest BCUT2D eigenvalue weighted by molar-refractivity contribution is 5.66. The number of piperidine rings is 1. The van der Waals surface area contributed by atoms with E-state index in [0.717, 1.165) is 18.9 Å². The average molecular weight is 253 g/mol. The van der Waals surface area contributed by atoms with Gasteiger partial charge in [0.25, 0.3) is 0 Å². The van der Waals surface area contributed by atoms with Gasteiger partial charge in [-0.2, -0.15) is 0 Å². The van der Waals surface area contributed by atoms with Crippen molar-refractivity contribution in [2.24, 2.45) is 11.8 Å². The summed E-state index contributed by atoms with van der Waals surface area (Å²) in [6, 6.07) is 0.708. The predicted molar refractivity (Wildman–Crippen MR) is 72.6 cm³/mol. The minimum absolute atomic E-state index is 0.344. The molecule has 2 atom stereocenters. The zero-order valence-electron chi connectivity index (χ0n) is 11.6. The highest BCUT2D eigenvalue weighted by Gasteiger charge is 2.29. The van der Waals surface area contributed by atoms with Crippen molar-refractivity contribution in [3.05, 3.63) is 0 Å². The number of carboxylic acids is 1. The van der Waals surface area contributed by atoms with Gasteiger partial charge in [-0.3, -0.25) is 4.79 Å². The molecule has 3 nitrogen and oxygen atoms in total. The molecule has 1 saturated heterocycles. The first-order valence-corrected chi connectivity index (χ1v) is 7.62. The Kier molecular flexibility index (Phi) is 5.04. The number of carboxylic acid groups (broad SMARTS) is 1. The zero-order valence-corrected chi connectivity index (χ0v) is 11.6. The molecule has 0 aromatic rings. The molecule has 2 unspecified atom stereocenters. The van der Waals surface area contributed by atoms with Crippen LogP contribution in [-0.2, 0) is 4.79 Å². The molecule has 0 aromatic carbocycles. The molecule has 0 spiro atoms. The van der Waals surface area contributed by atoms with Crippen molar-refractivity contribution >= 4 is 5.97 Å². The predicted octanol–water partition coefficient (Wildman–Crippen LogP) is 3.14. The third-order valence-corrected chi connectivity index (χ3v) is 4.97. The molecule has 1 saturated carbocycles. The summed E-state index contributed by atoms with van der Waals surface area (Å²) in [7, 11) is 0. The number of aliphatic carboxylic acids is 1. The van der Waals surface area contributed by atoms with E-state index < -0.39 is 5.97 Å². The molecule has 1 aliphatic heterocycles. The molecule has 2 rings (SSSR count). The number of nitrogens with zero attached hydrogens (tertiary/aromatic N) is 1. The summed E-state index contributed by atoms with van der Waals surface area (Å²) in [4.78, 5) is 13.3. The molecule has 2 fully saturated rings. The fraction of sp³-hybridized carbons (Fsp3) is 0.933. The Labute approximate surface area is 111 Å². The third kappa shape index (κ3) is 3.71. The van der Waals surface area contributed by atoms with Crippen molar-refractivity contribution in [2.75, 3.05) is 13.1 Å². The van der Waals surface area contributed by atoms with Crippen LogP contribution >= 0.6 is 0 Å². The first-order valence-electron chi connectivity index (χ1n) is 7.62. The lowest BCUT2D eigenvalue weighted by Gasteiger charge is -2.39. The molecular weight excluding hydrogens is 226 g/mol. The van der Waals surface area contributed by atoms with E-state index in [9.17, 15) is 4.79 Å². The van der Waals surface area contributed by atoms with E-state index >= 15 is 0 Å². The van der Waals surface area contributed by atoms with E-state index in [2.05, 4.69) is 11.8 Å². The SMILES string of the molecule is CC(C1CCCC1)N1CCCC(CCC(=O)O)C1. The van der Waals surface area contributed by atoms with Gasteiger partial charge in [0.1, 0.15) is 0 Å². The molecule has 18 heavy (non-hydrogen) atoms. The molecule has 2 aliphatic rings. The Hall–Kier alpha value is -0.570. The van der Waals surface area contributed by atoms with Crippen molar-refractivity contribution in [3.63, 3.8) is 0 Å². The van der Waals surface area contributed by atoms with Gasteiger partial charge >= 0.3 is 5.97 Å². The molecule has 1 N–H and O–H groups in total. The van der Waals surface area contributed by atoms with Crippen LogP contribution in [0.4, 0.5) is 0 Å². The largest absolute Gasteiger partial charge is 0.481 e. The van der Waals surface area contributed by atoms with Gasteiger partial charge in [0.15, 0.2) is 0 Å². The van der Waals surface area contributed by atoms with Gasteiger partial charge in [-0.1, -0.05) is 12.8 Å². The van der Waals surface area contributed by atoms with Crippen LogP contribution < -0.4 is 0 Å². The van der Waals surface area contributed by atoms with E-state index in [4.69, 9.17) is 5.11 Å². The molecule has 1 aliphatic carbocycles. The molecule has 104 valence electrons. The minimum atomic E-state index is -0.643. The molecule has 0 aromatic heterocycles. The topological polar surface area (TPSA) is 40.5 Å². The van der Waals surface area contributed by atoms with Crippen LogP contribution in [0.25, 0.3) is 0 Å². The highest BCUT2D eigenvalue weighted by Crippen LogP contribution is 2.32. The van der Waals surface area contributed by atoms with Gasteiger partial charge in [0.2, 0.25) is 0 Å². The maximum absolute atomic E-state index is 10.7. The zero-order chi connectivity index (χ0) is 13.0. The summed E-state index contributed by atoms with van der Waals surface area (Å²) in [6.45, 7) is 4.74. The molecule has 0 radical (unpaired) electrons. The van der Waals surface area contributed by atoms with Crippen LogP contribution in [0.15, 0.2) is 0 Å². The highest BCUT2D eigenvalue weighted by atomic mass is 16.4. The number of rotatable bonds is 5. The molecule has 0 bridgehead atoms. The second-order valence-electron chi connectivity index (χ2n) is 6.22. The summed E-state index contributed by atoms with van der Waals surface area (Å²) in [5.74, 6) is 0.859. The van der Waals surface area contributed by atoms with Crippen molar-refractivity contribution in [1.29, 1.82) is 0 Å². The first kappa shape index (κ1) is 13.9. The maximum atomic E-state index is 10.7. The van der Waals surface area contributed by atoms with Gasteiger partial charge in [0, 0.05) is 19.0 Å². The number of hydrogen-bond donors (Lipinski definition) is 1. The van der Waals surface area contributed by atoms with Crippen LogP contribution in [0.2, 0.25) is 0 Å². The lowest BCUT2D eigenvalue weighted by Crippen LogP contribution is -2.44. The number of carbonyl (C=O) groups is 1. The Morgan fingerprint density at radius 3 is 2.67 bits per heavy atom. The van der Waals surface area contributed by atoms with E-state index in [-0.39, 0.29) is 0 Å². The Balaban J connectivity index is 1.79. The average Bonchev–Trinajstić information content (AvgIpc) is 2.89. The van der Waals surface area contributed by atoms with Crippen LogP contribution in [0.1, 0.15) is 58.3 Å². The Morgan fingerprint density at radius 1 is 1.28 bits per heavy atom. The van der Waals surface area contributed by atoms with Crippen LogP contribution in [0.5, 0.6) is 0 Å². The summed E-state index contributed by atoms with van der Waals surface area (Å²) in [5.41, 5.74) is 0. The monoisotopic (exact) mass is 253 g/mol. The van der Waals surface area contributed by atoms with E-state index in [1.165, 1.54) is 45.1 Å². The van der Waals surface area contributed by atoms with Crippen molar-refractivity contribution in [1.82, 2.24) is 4.90 Å². The lowest BCUT2D eigenvalue weighted by molar-refractivity contribution is -0.137. The standard InChI is InChI=1S/C15H27NO2/c1-12(14-6-2-3-7-14)16-10-4-5-13(11-16)8-9-15(17)18/h12-14H,2-11H2,1H3,(H,17,18). The summed E-state index contributed by atoms with van der Waals surface area (Å²) in [5, 5.41) is 8.78. The summed E-state index contributed by atoms with van der Waals surface area (Å²) < 4.78 is 0. The molecular formula is C15H27NO2. The maximum Gasteiger partial charge on any atom is 0.303 e. The fourth-order valence-corrected chi connectivity index (χ4v) is 3.77. The normalized spacial score (nSPS) is 28.4. The second kappa shape index (κ2) is 6.55. The molecule has 3 heteroatoms. The summed E-state index contributed by atoms with van der Waals surface area (Å²) >= 11 is 0. The Bertz CT molecular complexity index is 274. The van der Waals surface area contributed by atoms with Crippen molar-refractivity contribution in [2.45, 2.75) is 64.3 Å². The molecule has 1 heterocycles. The number of hydrogen-bond acceptors (Lipinski definition) is 2. The summed E-state index contributed by atoms with van der Waals surface area (Å²) in [6.07, 6.45) is 9.30. The van der Waals surface area contributed by atoms with Crippen molar-refractivity contribution in [3.8, 4) is 0 Å². The minimum Gasteiger partial charge on any atom is -0.481 e.